The van der Waals surface area contributed by atoms with Crippen LogP contribution in [0.3, 0.4) is 0 Å². The van der Waals surface area contributed by atoms with Gasteiger partial charge in [-0.3, -0.25) is 4.79 Å². The monoisotopic (exact) mass is 317 g/mol. The molecule has 2 aromatic rings. The van der Waals surface area contributed by atoms with E-state index >= 15 is 0 Å². The summed E-state index contributed by atoms with van der Waals surface area (Å²) in [4.78, 5) is 28.1. The van der Waals surface area contributed by atoms with Crippen molar-refractivity contribution in [1.82, 2.24) is 14.7 Å². The lowest BCUT2D eigenvalue weighted by atomic mass is 10.1. The third kappa shape index (κ3) is 3.70. The molecule has 23 heavy (non-hydrogen) atoms. The summed E-state index contributed by atoms with van der Waals surface area (Å²) in [7, 11) is 0. The minimum absolute atomic E-state index is 0.374. The maximum absolute atomic E-state index is 12.3. The predicted octanol–water partition coefficient (Wildman–Crippen LogP) is 2.58. The SMILES string of the molecule is CCCCC(NC(=O)c1ccc2nc(CC)c(C)n2c1)C(=O)O. The molecule has 1 unspecified atom stereocenters. The Hall–Kier alpha value is -2.37. The van der Waals surface area contributed by atoms with E-state index in [9.17, 15) is 14.7 Å². The fourth-order valence-electron chi connectivity index (χ4n) is 2.59. The van der Waals surface area contributed by atoms with Gasteiger partial charge in [0.2, 0.25) is 0 Å². The average molecular weight is 317 g/mol. The molecule has 0 spiro atoms. The van der Waals surface area contributed by atoms with Crippen molar-refractivity contribution >= 4 is 17.5 Å². The number of nitrogens with one attached hydrogen (secondary N) is 1. The van der Waals surface area contributed by atoms with Gasteiger partial charge in [-0.25, -0.2) is 9.78 Å². The van der Waals surface area contributed by atoms with Crippen LogP contribution in [0, 0.1) is 6.92 Å². The van der Waals surface area contributed by atoms with Crippen LogP contribution in [-0.2, 0) is 11.2 Å². The number of unbranched alkanes of at least 4 members (excludes halogenated alkanes) is 1. The maximum atomic E-state index is 12.3. The van der Waals surface area contributed by atoms with Crippen LogP contribution in [0.25, 0.3) is 5.65 Å². The van der Waals surface area contributed by atoms with Crippen molar-refractivity contribution in [3.8, 4) is 0 Å². The van der Waals surface area contributed by atoms with Crippen molar-refractivity contribution in [2.75, 3.05) is 0 Å². The van der Waals surface area contributed by atoms with Gasteiger partial charge in [-0.15, -0.1) is 0 Å². The zero-order chi connectivity index (χ0) is 17.0. The number of pyridine rings is 1. The molecule has 0 bridgehead atoms. The summed E-state index contributed by atoms with van der Waals surface area (Å²) in [5, 5.41) is 11.8. The van der Waals surface area contributed by atoms with Crippen LogP contribution < -0.4 is 5.32 Å². The molecular weight excluding hydrogens is 294 g/mol. The molecule has 0 aliphatic carbocycles. The Morgan fingerprint density at radius 3 is 2.70 bits per heavy atom. The van der Waals surface area contributed by atoms with Gasteiger partial charge in [0.05, 0.1) is 11.3 Å². The average Bonchev–Trinajstić information content (AvgIpc) is 2.86. The third-order valence-electron chi connectivity index (χ3n) is 4.00. The first-order chi connectivity index (χ1) is 11.0. The Morgan fingerprint density at radius 2 is 2.09 bits per heavy atom. The smallest absolute Gasteiger partial charge is 0.326 e. The molecule has 0 radical (unpaired) electrons. The highest BCUT2D eigenvalue weighted by atomic mass is 16.4. The molecule has 0 saturated carbocycles. The summed E-state index contributed by atoms with van der Waals surface area (Å²) in [6, 6.07) is 2.60. The minimum atomic E-state index is -1.00. The molecular formula is C17H23N3O3. The number of nitrogens with zero attached hydrogens (tertiary/aromatic N) is 2. The number of aryl methyl sites for hydroxylation is 2. The molecule has 2 heterocycles. The largest absolute Gasteiger partial charge is 0.480 e. The topological polar surface area (TPSA) is 83.7 Å². The Kier molecular flexibility index (Phi) is 5.36. The van der Waals surface area contributed by atoms with Crippen LogP contribution in [0.15, 0.2) is 18.3 Å². The summed E-state index contributed by atoms with van der Waals surface area (Å²) >= 11 is 0. The normalized spacial score (nSPS) is 12.3. The molecule has 6 heteroatoms. The van der Waals surface area contributed by atoms with E-state index in [1.54, 1.807) is 18.3 Å². The first-order valence-corrected chi connectivity index (χ1v) is 7.99. The molecule has 0 aliphatic rings. The van der Waals surface area contributed by atoms with Gasteiger partial charge in [-0.2, -0.15) is 0 Å². The van der Waals surface area contributed by atoms with Crippen LogP contribution in [0.2, 0.25) is 0 Å². The third-order valence-corrected chi connectivity index (χ3v) is 4.00. The maximum Gasteiger partial charge on any atom is 0.326 e. The van der Waals surface area contributed by atoms with Crippen LogP contribution in [-0.4, -0.2) is 32.4 Å². The fraction of sp³-hybridized carbons (Fsp3) is 0.471. The van der Waals surface area contributed by atoms with E-state index in [0.29, 0.717) is 12.0 Å². The van der Waals surface area contributed by atoms with Crippen molar-refractivity contribution in [3.63, 3.8) is 0 Å². The van der Waals surface area contributed by atoms with Crippen LogP contribution in [0.5, 0.6) is 0 Å². The van der Waals surface area contributed by atoms with Crippen LogP contribution in [0.1, 0.15) is 54.9 Å². The van der Waals surface area contributed by atoms with Gasteiger partial charge in [-0.1, -0.05) is 26.7 Å². The molecule has 2 N–H and O–H groups in total. The van der Waals surface area contributed by atoms with Gasteiger partial charge in [0.15, 0.2) is 0 Å². The number of carbonyl (C=O) groups excluding carboxylic acids is 1. The van der Waals surface area contributed by atoms with Crippen molar-refractivity contribution in [3.05, 3.63) is 35.3 Å². The van der Waals surface area contributed by atoms with Gasteiger partial charge in [0, 0.05) is 11.9 Å². The van der Waals surface area contributed by atoms with E-state index < -0.39 is 12.0 Å². The second kappa shape index (κ2) is 7.26. The number of hydrogen-bond acceptors (Lipinski definition) is 3. The molecule has 2 rings (SSSR count). The van der Waals surface area contributed by atoms with Crippen molar-refractivity contribution in [2.45, 2.75) is 52.5 Å². The van der Waals surface area contributed by atoms with Gasteiger partial charge in [-0.05, 0) is 31.9 Å². The van der Waals surface area contributed by atoms with Gasteiger partial charge in [0.1, 0.15) is 11.7 Å². The van der Waals surface area contributed by atoms with Gasteiger partial charge >= 0.3 is 5.97 Å². The molecule has 124 valence electrons. The highest BCUT2D eigenvalue weighted by molar-refractivity contribution is 5.96. The molecule has 1 amide bonds. The number of aliphatic carboxylic acids is 1. The van der Waals surface area contributed by atoms with E-state index in [1.807, 2.05) is 25.2 Å². The number of imidazole rings is 1. The quantitative estimate of drug-likeness (QED) is 0.822. The lowest BCUT2D eigenvalue weighted by Gasteiger charge is -2.14. The predicted molar refractivity (Wildman–Crippen MR) is 87.7 cm³/mol. The standard InChI is InChI=1S/C17H23N3O3/c1-4-6-7-14(17(22)23)19-16(21)12-8-9-15-18-13(5-2)11(3)20(15)10-12/h8-10,14H,4-7H2,1-3H3,(H,19,21)(H,22,23). The number of rotatable bonds is 7. The Morgan fingerprint density at radius 1 is 1.35 bits per heavy atom. The van der Waals surface area contributed by atoms with E-state index in [1.165, 1.54) is 0 Å². The van der Waals surface area contributed by atoms with Crippen molar-refractivity contribution in [1.29, 1.82) is 0 Å². The number of carboxylic acids is 1. The van der Waals surface area contributed by atoms with Gasteiger partial charge in [0.25, 0.3) is 5.91 Å². The summed E-state index contributed by atoms with van der Waals surface area (Å²) in [5.41, 5.74) is 3.21. The minimum Gasteiger partial charge on any atom is -0.480 e. The number of aromatic nitrogens is 2. The zero-order valence-electron chi connectivity index (χ0n) is 13.8. The molecule has 0 saturated heterocycles. The van der Waals surface area contributed by atoms with Crippen LogP contribution >= 0.6 is 0 Å². The first kappa shape index (κ1) is 17.0. The van der Waals surface area contributed by atoms with E-state index in [4.69, 9.17) is 0 Å². The zero-order valence-corrected chi connectivity index (χ0v) is 13.8. The van der Waals surface area contributed by atoms with Crippen molar-refractivity contribution < 1.29 is 14.7 Å². The summed E-state index contributed by atoms with van der Waals surface area (Å²) in [6.45, 7) is 5.98. The molecule has 6 nitrogen and oxygen atoms in total. The first-order valence-electron chi connectivity index (χ1n) is 7.99. The Balaban J connectivity index is 2.23. The second-order valence-corrected chi connectivity index (χ2v) is 5.65. The van der Waals surface area contributed by atoms with Crippen molar-refractivity contribution in [2.24, 2.45) is 0 Å². The molecule has 2 aromatic heterocycles. The summed E-state index contributed by atoms with van der Waals surface area (Å²) in [6.07, 6.45) is 4.62. The van der Waals surface area contributed by atoms with E-state index in [2.05, 4.69) is 10.3 Å². The molecule has 0 aromatic carbocycles. The lowest BCUT2D eigenvalue weighted by molar-refractivity contribution is -0.139. The molecule has 0 aliphatic heterocycles. The Bertz CT molecular complexity index is 721. The number of amides is 1. The number of hydrogen-bond donors (Lipinski definition) is 2. The van der Waals surface area contributed by atoms with Gasteiger partial charge < -0.3 is 14.8 Å². The van der Waals surface area contributed by atoms with E-state index in [-0.39, 0.29) is 5.91 Å². The van der Waals surface area contributed by atoms with Crippen LogP contribution in [0.4, 0.5) is 0 Å². The second-order valence-electron chi connectivity index (χ2n) is 5.65. The summed E-state index contributed by atoms with van der Waals surface area (Å²) in [5.74, 6) is -1.37. The summed E-state index contributed by atoms with van der Waals surface area (Å²) < 4.78 is 1.87. The fourth-order valence-corrected chi connectivity index (χ4v) is 2.59. The number of carbonyl (C=O) groups is 2. The highest BCUT2D eigenvalue weighted by Gasteiger charge is 2.20. The lowest BCUT2D eigenvalue weighted by Crippen LogP contribution is -2.40. The number of carboxylic acid groups (broad SMARTS) is 1. The number of fused-ring (bicyclic) bond motifs is 1. The Labute approximate surface area is 135 Å². The molecule has 1 atom stereocenters. The van der Waals surface area contributed by atoms with E-state index in [0.717, 1.165) is 36.3 Å². The molecule has 0 fully saturated rings. The highest BCUT2D eigenvalue weighted by Crippen LogP contribution is 2.14.